The van der Waals surface area contributed by atoms with E-state index in [0.717, 1.165) is 22.4 Å². The summed E-state index contributed by atoms with van der Waals surface area (Å²) in [5.41, 5.74) is 1.01. The highest BCUT2D eigenvalue weighted by Crippen LogP contribution is 2.19. The number of nitrogens with zero attached hydrogens (tertiary/aromatic N) is 1. The highest BCUT2D eigenvalue weighted by Gasteiger charge is 2.19. The SMILES string of the molecule is CCOc1ccc(CCNC(=O)C(C)n2sc3ccccc3c2=O)cc1. The van der Waals surface area contributed by atoms with Gasteiger partial charge in [0.2, 0.25) is 5.91 Å². The van der Waals surface area contributed by atoms with Gasteiger partial charge in [0.15, 0.2) is 0 Å². The normalized spacial score (nSPS) is 12.1. The summed E-state index contributed by atoms with van der Waals surface area (Å²) in [6.45, 7) is 4.87. The molecule has 2 aromatic carbocycles. The number of aromatic nitrogens is 1. The lowest BCUT2D eigenvalue weighted by Gasteiger charge is -2.12. The quantitative estimate of drug-likeness (QED) is 0.694. The number of hydrogen-bond donors (Lipinski definition) is 1. The summed E-state index contributed by atoms with van der Waals surface area (Å²) >= 11 is 1.33. The number of nitrogens with one attached hydrogen (secondary N) is 1. The van der Waals surface area contributed by atoms with E-state index in [1.165, 1.54) is 15.5 Å². The predicted molar refractivity (Wildman–Crippen MR) is 105 cm³/mol. The number of carbonyl (C=O) groups is 1. The molecule has 0 radical (unpaired) electrons. The number of ether oxygens (including phenoxy) is 1. The van der Waals surface area contributed by atoms with Crippen molar-refractivity contribution in [2.75, 3.05) is 13.2 Å². The number of hydrogen-bond acceptors (Lipinski definition) is 4. The third-order valence-electron chi connectivity index (χ3n) is 4.19. The van der Waals surface area contributed by atoms with E-state index in [-0.39, 0.29) is 11.5 Å². The first-order valence-electron chi connectivity index (χ1n) is 8.70. The number of fused-ring (bicyclic) bond motifs is 1. The molecule has 136 valence electrons. The van der Waals surface area contributed by atoms with Crippen molar-refractivity contribution in [3.63, 3.8) is 0 Å². The van der Waals surface area contributed by atoms with Crippen LogP contribution in [0.1, 0.15) is 25.5 Å². The first kappa shape index (κ1) is 18.2. The van der Waals surface area contributed by atoms with Crippen LogP contribution in [0.3, 0.4) is 0 Å². The largest absolute Gasteiger partial charge is 0.494 e. The maximum Gasteiger partial charge on any atom is 0.269 e. The minimum Gasteiger partial charge on any atom is -0.494 e. The van der Waals surface area contributed by atoms with Gasteiger partial charge in [-0.3, -0.25) is 13.5 Å². The Morgan fingerprint density at radius 1 is 1.19 bits per heavy atom. The summed E-state index contributed by atoms with van der Waals surface area (Å²) in [5, 5.41) is 3.58. The minimum atomic E-state index is -0.528. The first-order chi connectivity index (χ1) is 12.6. The lowest BCUT2D eigenvalue weighted by Crippen LogP contribution is -2.34. The van der Waals surface area contributed by atoms with Crippen LogP contribution >= 0.6 is 11.5 Å². The second kappa shape index (κ2) is 8.19. The molecule has 0 saturated carbocycles. The molecule has 0 aliphatic heterocycles. The van der Waals surface area contributed by atoms with Crippen molar-refractivity contribution in [2.45, 2.75) is 26.3 Å². The summed E-state index contributed by atoms with van der Waals surface area (Å²) in [7, 11) is 0. The van der Waals surface area contributed by atoms with Gasteiger partial charge in [-0.2, -0.15) is 0 Å². The molecule has 0 bridgehead atoms. The topological polar surface area (TPSA) is 60.3 Å². The van der Waals surface area contributed by atoms with Gasteiger partial charge in [-0.25, -0.2) is 0 Å². The second-order valence-electron chi connectivity index (χ2n) is 6.01. The van der Waals surface area contributed by atoms with E-state index in [1.54, 1.807) is 13.0 Å². The molecular weight excluding hydrogens is 348 g/mol. The summed E-state index contributed by atoms with van der Waals surface area (Å²) in [4.78, 5) is 24.9. The molecule has 1 unspecified atom stereocenters. The summed E-state index contributed by atoms with van der Waals surface area (Å²) in [6.07, 6.45) is 0.728. The van der Waals surface area contributed by atoms with Gasteiger partial charge in [-0.15, -0.1) is 0 Å². The number of carbonyl (C=O) groups excluding carboxylic acids is 1. The molecule has 3 rings (SSSR count). The van der Waals surface area contributed by atoms with E-state index in [2.05, 4.69) is 5.32 Å². The number of amides is 1. The zero-order valence-electron chi connectivity index (χ0n) is 14.9. The van der Waals surface area contributed by atoms with Gasteiger partial charge >= 0.3 is 0 Å². The fourth-order valence-electron chi connectivity index (χ4n) is 2.75. The zero-order chi connectivity index (χ0) is 18.5. The van der Waals surface area contributed by atoms with Crippen LogP contribution in [0.15, 0.2) is 53.3 Å². The molecule has 6 heteroatoms. The molecule has 0 fully saturated rings. The Morgan fingerprint density at radius 3 is 2.62 bits per heavy atom. The van der Waals surface area contributed by atoms with E-state index in [1.807, 2.05) is 49.4 Å². The Balaban J connectivity index is 1.58. The van der Waals surface area contributed by atoms with Crippen molar-refractivity contribution < 1.29 is 9.53 Å². The van der Waals surface area contributed by atoms with Gasteiger partial charge in [0.05, 0.1) is 16.7 Å². The number of benzene rings is 2. The van der Waals surface area contributed by atoms with Gasteiger partial charge < -0.3 is 10.1 Å². The Labute approximate surface area is 156 Å². The van der Waals surface area contributed by atoms with Crippen LogP contribution in [-0.4, -0.2) is 23.0 Å². The van der Waals surface area contributed by atoms with Crippen LogP contribution in [0.4, 0.5) is 0 Å². The molecule has 26 heavy (non-hydrogen) atoms. The fourth-order valence-corrected chi connectivity index (χ4v) is 3.79. The first-order valence-corrected chi connectivity index (χ1v) is 9.47. The minimum absolute atomic E-state index is 0.111. The highest BCUT2D eigenvalue weighted by molar-refractivity contribution is 7.14. The maximum absolute atomic E-state index is 12.4. The van der Waals surface area contributed by atoms with Crippen LogP contribution in [-0.2, 0) is 11.2 Å². The van der Waals surface area contributed by atoms with Crippen LogP contribution in [0, 0.1) is 0 Å². The van der Waals surface area contributed by atoms with E-state index < -0.39 is 6.04 Å². The monoisotopic (exact) mass is 370 g/mol. The zero-order valence-corrected chi connectivity index (χ0v) is 15.7. The summed E-state index contributed by atoms with van der Waals surface area (Å²) in [5.74, 6) is 0.697. The molecule has 0 saturated heterocycles. The van der Waals surface area contributed by atoms with Crippen molar-refractivity contribution >= 4 is 27.5 Å². The van der Waals surface area contributed by atoms with Crippen molar-refractivity contribution in [3.05, 3.63) is 64.4 Å². The Morgan fingerprint density at radius 2 is 1.92 bits per heavy atom. The Bertz CT molecular complexity index is 944. The highest BCUT2D eigenvalue weighted by atomic mass is 32.1. The molecule has 5 nitrogen and oxygen atoms in total. The average Bonchev–Trinajstić information content (AvgIpc) is 3.00. The molecule has 0 spiro atoms. The van der Waals surface area contributed by atoms with Crippen molar-refractivity contribution in [1.29, 1.82) is 0 Å². The smallest absolute Gasteiger partial charge is 0.269 e. The van der Waals surface area contributed by atoms with Crippen molar-refractivity contribution in [3.8, 4) is 5.75 Å². The molecule has 1 N–H and O–H groups in total. The molecule has 1 heterocycles. The molecule has 3 aromatic rings. The second-order valence-corrected chi connectivity index (χ2v) is 7.03. The third-order valence-corrected chi connectivity index (χ3v) is 5.42. The van der Waals surface area contributed by atoms with Gasteiger partial charge in [-0.1, -0.05) is 35.8 Å². The Hall–Kier alpha value is -2.60. The summed E-state index contributed by atoms with van der Waals surface area (Å²) in [6, 6.07) is 14.7. The standard InChI is InChI=1S/C20H22N2O3S/c1-3-25-16-10-8-15(9-11-16)12-13-21-19(23)14(2)22-20(24)17-6-4-5-7-18(17)26-22/h4-11,14H,3,12-13H2,1-2H3,(H,21,23). The van der Waals surface area contributed by atoms with Crippen LogP contribution in [0.25, 0.3) is 10.1 Å². The molecule has 1 atom stereocenters. The molecule has 0 aliphatic rings. The number of rotatable bonds is 7. The van der Waals surface area contributed by atoms with Gasteiger partial charge in [0.25, 0.3) is 5.56 Å². The molecule has 1 aromatic heterocycles. The lowest BCUT2D eigenvalue weighted by molar-refractivity contribution is -0.123. The molecule has 0 aliphatic carbocycles. The van der Waals surface area contributed by atoms with Crippen LogP contribution in [0.2, 0.25) is 0 Å². The Kier molecular flexibility index (Phi) is 5.73. The van der Waals surface area contributed by atoms with Gasteiger partial charge in [0, 0.05) is 6.54 Å². The predicted octanol–water partition coefficient (Wildman–Crippen LogP) is 3.38. The van der Waals surface area contributed by atoms with Crippen molar-refractivity contribution in [1.82, 2.24) is 9.27 Å². The maximum atomic E-state index is 12.4. The van der Waals surface area contributed by atoms with Crippen molar-refractivity contribution in [2.24, 2.45) is 0 Å². The van der Waals surface area contributed by atoms with E-state index in [4.69, 9.17) is 4.74 Å². The van der Waals surface area contributed by atoms with E-state index in [9.17, 15) is 9.59 Å². The van der Waals surface area contributed by atoms with Crippen LogP contribution in [0.5, 0.6) is 5.75 Å². The summed E-state index contributed by atoms with van der Waals surface area (Å²) < 4.78 is 7.85. The molecule has 1 amide bonds. The molecular formula is C20H22N2O3S. The lowest BCUT2D eigenvalue weighted by atomic mass is 10.1. The van der Waals surface area contributed by atoms with Gasteiger partial charge in [-0.05, 0) is 50.1 Å². The van der Waals surface area contributed by atoms with Crippen LogP contribution < -0.4 is 15.6 Å². The fraction of sp³-hybridized carbons (Fsp3) is 0.300. The van der Waals surface area contributed by atoms with E-state index in [0.29, 0.717) is 18.5 Å². The van der Waals surface area contributed by atoms with E-state index >= 15 is 0 Å². The van der Waals surface area contributed by atoms with Gasteiger partial charge in [0.1, 0.15) is 11.8 Å². The average molecular weight is 370 g/mol. The third kappa shape index (κ3) is 3.96.